The number of carbonyl (C=O) groups is 2. The van der Waals surface area contributed by atoms with Gasteiger partial charge in [-0.2, -0.15) is 0 Å². The molecule has 1 aliphatic carbocycles. The zero-order valence-corrected chi connectivity index (χ0v) is 13.1. The summed E-state index contributed by atoms with van der Waals surface area (Å²) < 4.78 is 2.09. The maximum absolute atomic E-state index is 12.1. The number of carbonyl (C=O) groups excluding carboxylic acids is 1. The lowest BCUT2D eigenvalue weighted by molar-refractivity contribution is -0.142. The van der Waals surface area contributed by atoms with E-state index in [9.17, 15) is 9.59 Å². The molecule has 1 heterocycles. The number of nitrogens with one attached hydrogen (secondary N) is 1. The van der Waals surface area contributed by atoms with Gasteiger partial charge in [-0.15, -0.1) is 0 Å². The molecule has 0 spiro atoms. The highest BCUT2D eigenvalue weighted by molar-refractivity contribution is 5.80. The number of aryl methyl sites for hydroxylation is 1. The molecular formula is C18H22N2O3. The van der Waals surface area contributed by atoms with E-state index in [4.69, 9.17) is 5.11 Å². The Morgan fingerprint density at radius 2 is 1.87 bits per heavy atom. The van der Waals surface area contributed by atoms with Gasteiger partial charge in [0.05, 0.1) is 5.92 Å². The number of fused-ring (bicyclic) bond motifs is 1. The highest BCUT2D eigenvalue weighted by Crippen LogP contribution is 2.24. The van der Waals surface area contributed by atoms with E-state index in [0.717, 1.165) is 18.4 Å². The van der Waals surface area contributed by atoms with Gasteiger partial charge in [-0.3, -0.25) is 9.59 Å². The van der Waals surface area contributed by atoms with E-state index < -0.39 is 5.97 Å². The summed E-state index contributed by atoms with van der Waals surface area (Å²) in [5.41, 5.74) is 1.14. The van der Waals surface area contributed by atoms with E-state index >= 15 is 0 Å². The molecule has 5 heteroatoms. The Bertz CT molecular complexity index is 699. The summed E-state index contributed by atoms with van der Waals surface area (Å²) in [6, 6.07) is 10.3. The zero-order chi connectivity index (χ0) is 16.2. The molecule has 0 bridgehead atoms. The van der Waals surface area contributed by atoms with Gasteiger partial charge in [-0.1, -0.05) is 18.2 Å². The zero-order valence-electron chi connectivity index (χ0n) is 13.1. The first-order valence-corrected chi connectivity index (χ1v) is 8.19. The molecule has 1 aromatic heterocycles. The van der Waals surface area contributed by atoms with Crippen LogP contribution >= 0.6 is 0 Å². The number of aromatic nitrogens is 1. The monoisotopic (exact) mass is 314 g/mol. The van der Waals surface area contributed by atoms with Crippen molar-refractivity contribution in [1.29, 1.82) is 0 Å². The van der Waals surface area contributed by atoms with Gasteiger partial charge in [-0.05, 0) is 43.2 Å². The average molecular weight is 314 g/mol. The molecule has 1 saturated carbocycles. The number of nitrogens with zero attached hydrogens (tertiary/aromatic N) is 1. The molecule has 3 rings (SSSR count). The highest BCUT2D eigenvalue weighted by Gasteiger charge is 2.26. The summed E-state index contributed by atoms with van der Waals surface area (Å²) >= 11 is 0. The van der Waals surface area contributed by atoms with Crippen LogP contribution < -0.4 is 5.32 Å². The number of hydrogen-bond acceptors (Lipinski definition) is 2. The number of carboxylic acids is 1. The molecule has 5 nitrogen and oxygen atoms in total. The summed E-state index contributed by atoms with van der Waals surface area (Å²) in [6.07, 6.45) is 5.28. The van der Waals surface area contributed by atoms with Crippen LogP contribution in [0.15, 0.2) is 36.5 Å². The molecule has 1 amide bonds. The number of amides is 1. The normalized spacial score (nSPS) is 21.2. The van der Waals surface area contributed by atoms with Crippen LogP contribution in [-0.2, 0) is 16.1 Å². The maximum Gasteiger partial charge on any atom is 0.306 e. The van der Waals surface area contributed by atoms with Crippen molar-refractivity contribution < 1.29 is 14.7 Å². The van der Waals surface area contributed by atoms with Gasteiger partial charge in [0.1, 0.15) is 0 Å². The van der Waals surface area contributed by atoms with Crippen molar-refractivity contribution in [2.24, 2.45) is 5.92 Å². The molecule has 122 valence electrons. The van der Waals surface area contributed by atoms with Crippen molar-refractivity contribution in [2.75, 3.05) is 0 Å². The SMILES string of the molecule is O=C(CCn1ccc2ccccc21)NC1CCC(C(=O)O)CC1. The van der Waals surface area contributed by atoms with Gasteiger partial charge in [-0.25, -0.2) is 0 Å². The van der Waals surface area contributed by atoms with E-state index in [1.807, 2.05) is 18.3 Å². The molecule has 1 aliphatic rings. The minimum Gasteiger partial charge on any atom is -0.481 e. The van der Waals surface area contributed by atoms with Crippen LogP contribution in [0.4, 0.5) is 0 Å². The largest absolute Gasteiger partial charge is 0.481 e. The van der Waals surface area contributed by atoms with Crippen molar-refractivity contribution >= 4 is 22.8 Å². The van der Waals surface area contributed by atoms with Gasteiger partial charge in [0.15, 0.2) is 0 Å². The Balaban J connectivity index is 1.48. The number of rotatable bonds is 5. The Hall–Kier alpha value is -2.30. The molecule has 1 aromatic carbocycles. The van der Waals surface area contributed by atoms with Crippen LogP contribution in [0.3, 0.4) is 0 Å². The van der Waals surface area contributed by atoms with Crippen LogP contribution in [0, 0.1) is 5.92 Å². The third-order valence-electron chi connectivity index (χ3n) is 4.70. The number of benzene rings is 1. The van der Waals surface area contributed by atoms with Crippen LogP contribution in [-0.4, -0.2) is 27.6 Å². The van der Waals surface area contributed by atoms with E-state index in [2.05, 4.69) is 28.1 Å². The van der Waals surface area contributed by atoms with Crippen LogP contribution in [0.1, 0.15) is 32.1 Å². The summed E-state index contributed by atoms with van der Waals surface area (Å²) in [7, 11) is 0. The highest BCUT2D eigenvalue weighted by atomic mass is 16.4. The third kappa shape index (κ3) is 3.73. The lowest BCUT2D eigenvalue weighted by Crippen LogP contribution is -2.39. The van der Waals surface area contributed by atoms with Crippen LogP contribution in [0.5, 0.6) is 0 Å². The molecule has 1 fully saturated rings. The van der Waals surface area contributed by atoms with Crippen molar-refractivity contribution in [3.63, 3.8) is 0 Å². The smallest absolute Gasteiger partial charge is 0.306 e. The van der Waals surface area contributed by atoms with Crippen LogP contribution in [0.25, 0.3) is 10.9 Å². The molecule has 2 aromatic rings. The van der Waals surface area contributed by atoms with Gasteiger partial charge < -0.3 is 15.0 Å². The number of carboxylic acid groups (broad SMARTS) is 1. The molecule has 0 radical (unpaired) electrons. The second kappa shape index (κ2) is 6.86. The third-order valence-corrected chi connectivity index (χ3v) is 4.70. The molecular weight excluding hydrogens is 292 g/mol. The van der Waals surface area contributed by atoms with Crippen LogP contribution in [0.2, 0.25) is 0 Å². The first-order valence-electron chi connectivity index (χ1n) is 8.19. The Labute approximate surface area is 135 Å². The quantitative estimate of drug-likeness (QED) is 0.891. The predicted molar refractivity (Wildman–Crippen MR) is 88.1 cm³/mol. The summed E-state index contributed by atoms with van der Waals surface area (Å²) in [4.78, 5) is 23.1. The van der Waals surface area contributed by atoms with E-state index in [1.54, 1.807) is 0 Å². The van der Waals surface area contributed by atoms with Gasteiger partial charge in [0.2, 0.25) is 5.91 Å². The van der Waals surface area contributed by atoms with Crippen molar-refractivity contribution in [3.05, 3.63) is 36.5 Å². The topological polar surface area (TPSA) is 71.3 Å². The first-order chi connectivity index (χ1) is 11.1. The molecule has 2 N–H and O–H groups in total. The van der Waals surface area contributed by atoms with Gasteiger partial charge >= 0.3 is 5.97 Å². The number of hydrogen-bond donors (Lipinski definition) is 2. The second-order valence-corrected chi connectivity index (χ2v) is 6.27. The van der Waals surface area contributed by atoms with E-state index in [1.165, 1.54) is 5.39 Å². The molecule has 0 unspecified atom stereocenters. The Morgan fingerprint density at radius 1 is 1.13 bits per heavy atom. The second-order valence-electron chi connectivity index (χ2n) is 6.27. The fraction of sp³-hybridized carbons (Fsp3) is 0.444. The summed E-state index contributed by atoms with van der Waals surface area (Å²) in [5, 5.41) is 13.2. The van der Waals surface area contributed by atoms with Gasteiger partial charge in [0, 0.05) is 30.7 Å². The minimum absolute atomic E-state index is 0.0431. The van der Waals surface area contributed by atoms with Crippen molar-refractivity contribution in [3.8, 4) is 0 Å². The van der Waals surface area contributed by atoms with Crippen molar-refractivity contribution in [2.45, 2.75) is 44.7 Å². The predicted octanol–water partition coefficient (Wildman–Crippen LogP) is 2.79. The minimum atomic E-state index is -0.714. The number of para-hydroxylation sites is 1. The lowest BCUT2D eigenvalue weighted by Gasteiger charge is -2.26. The summed E-state index contributed by atoms with van der Waals surface area (Å²) in [5.74, 6) is -0.912. The van der Waals surface area contributed by atoms with E-state index in [0.29, 0.717) is 25.8 Å². The van der Waals surface area contributed by atoms with E-state index in [-0.39, 0.29) is 17.9 Å². The fourth-order valence-corrected chi connectivity index (χ4v) is 3.34. The van der Waals surface area contributed by atoms with Gasteiger partial charge in [0.25, 0.3) is 0 Å². The lowest BCUT2D eigenvalue weighted by atomic mass is 9.86. The molecule has 0 saturated heterocycles. The fourth-order valence-electron chi connectivity index (χ4n) is 3.34. The summed E-state index contributed by atoms with van der Waals surface area (Å²) in [6.45, 7) is 0.657. The molecule has 0 aliphatic heterocycles. The molecule has 23 heavy (non-hydrogen) atoms. The van der Waals surface area contributed by atoms with Crippen molar-refractivity contribution in [1.82, 2.24) is 9.88 Å². The first kappa shape index (κ1) is 15.6. The Morgan fingerprint density at radius 3 is 2.61 bits per heavy atom. The standard InChI is InChI=1S/C18H22N2O3/c21-17(19-15-7-5-14(6-8-15)18(22)23)10-12-20-11-9-13-3-1-2-4-16(13)20/h1-4,9,11,14-15H,5-8,10,12H2,(H,19,21)(H,22,23). The molecule has 0 atom stereocenters. The number of aliphatic carboxylic acids is 1. The Kier molecular flexibility index (Phi) is 4.65. The average Bonchev–Trinajstić information content (AvgIpc) is 2.97. The maximum atomic E-state index is 12.1.